The van der Waals surface area contributed by atoms with E-state index >= 15 is 0 Å². The summed E-state index contributed by atoms with van der Waals surface area (Å²) in [5.74, 6) is 2.24. The van der Waals surface area contributed by atoms with E-state index in [2.05, 4.69) is 20.5 Å². The first-order chi connectivity index (χ1) is 15.1. The molecule has 3 aliphatic heterocycles. The Labute approximate surface area is 181 Å². The third-order valence-corrected chi connectivity index (χ3v) is 5.93. The number of imidazole rings is 1. The Hall–Kier alpha value is -3.63. The van der Waals surface area contributed by atoms with Crippen LogP contribution in [-0.2, 0) is 24.4 Å². The van der Waals surface area contributed by atoms with E-state index in [-0.39, 0.29) is 5.91 Å². The molecule has 156 valence electrons. The molecule has 1 aromatic heterocycles. The Morgan fingerprint density at radius 1 is 1.03 bits per heavy atom. The number of piperazine rings is 1. The van der Waals surface area contributed by atoms with Crippen molar-refractivity contribution in [2.75, 3.05) is 19.6 Å². The first kappa shape index (κ1) is 19.3. The van der Waals surface area contributed by atoms with Gasteiger partial charge in [-0.3, -0.25) is 9.69 Å². The van der Waals surface area contributed by atoms with Crippen molar-refractivity contribution in [2.45, 2.75) is 26.6 Å². The third kappa shape index (κ3) is 3.90. The van der Waals surface area contributed by atoms with Crippen LogP contribution < -0.4 is 4.74 Å². The molecule has 1 amide bonds. The molecule has 7 heteroatoms. The third-order valence-electron chi connectivity index (χ3n) is 5.93. The second-order valence-corrected chi connectivity index (χ2v) is 8.10. The van der Waals surface area contributed by atoms with Gasteiger partial charge in [-0.2, -0.15) is 5.26 Å². The molecule has 31 heavy (non-hydrogen) atoms. The summed E-state index contributed by atoms with van der Waals surface area (Å²) in [6.45, 7) is 5.75. The molecule has 1 unspecified atom stereocenters. The SMILES string of the molecule is Cc1ncc2n1Cc1ccc(C#N)c(c1)Oc1cccc(c1)CN1CCN(CC1=O)C2. The van der Waals surface area contributed by atoms with Crippen LogP contribution in [0, 0.1) is 18.3 Å². The average molecular weight is 413 g/mol. The molecule has 6 rings (SSSR count). The average Bonchev–Trinajstić information content (AvgIpc) is 3.09. The van der Waals surface area contributed by atoms with E-state index in [1.165, 1.54) is 0 Å². The fourth-order valence-corrected chi connectivity index (χ4v) is 4.22. The quantitative estimate of drug-likeness (QED) is 0.566. The molecule has 1 atom stereocenters. The largest absolute Gasteiger partial charge is 0.456 e. The number of benzene rings is 2. The van der Waals surface area contributed by atoms with Crippen LogP contribution in [0.4, 0.5) is 0 Å². The van der Waals surface area contributed by atoms with Gasteiger partial charge in [0.05, 0.1) is 17.8 Å². The summed E-state index contributed by atoms with van der Waals surface area (Å²) in [6.07, 6.45) is 1.89. The second-order valence-electron chi connectivity index (χ2n) is 8.10. The second kappa shape index (κ2) is 7.89. The summed E-state index contributed by atoms with van der Waals surface area (Å²) in [4.78, 5) is 21.4. The molecule has 1 saturated heterocycles. The first-order valence-electron chi connectivity index (χ1n) is 10.4. The number of fused-ring (bicyclic) bond motifs is 2. The monoisotopic (exact) mass is 413 g/mol. The lowest BCUT2D eigenvalue weighted by Gasteiger charge is -2.34. The summed E-state index contributed by atoms with van der Waals surface area (Å²) < 4.78 is 8.29. The lowest BCUT2D eigenvalue weighted by molar-refractivity contribution is -0.136. The molecule has 0 spiro atoms. The lowest BCUT2D eigenvalue weighted by Crippen LogP contribution is -2.49. The zero-order valence-corrected chi connectivity index (χ0v) is 17.4. The molecule has 0 aliphatic carbocycles. The molecule has 0 saturated carbocycles. The minimum atomic E-state index is 0.129. The van der Waals surface area contributed by atoms with Crippen molar-refractivity contribution in [1.29, 1.82) is 5.26 Å². The molecule has 0 N–H and O–H groups in total. The van der Waals surface area contributed by atoms with Gasteiger partial charge in [0.2, 0.25) is 5.91 Å². The van der Waals surface area contributed by atoms with Crippen LogP contribution >= 0.6 is 0 Å². The summed E-state index contributed by atoms with van der Waals surface area (Å²) in [5, 5.41) is 9.55. The Morgan fingerprint density at radius 3 is 2.74 bits per heavy atom. The molecule has 6 bridgehead atoms. The van der Waals surface area contributed by atoms with Crippen molar-refractivity contribution in [3.05, 3.63) is 76.9 Å². The number of ether oxygens (including phenoxy) is 1. The number of hydrogen-bond donors (Lipinski definition) is 0. The van der Waals surface area contributed by atoms with Crippen molar-refractivity contribution in [2.24, 2.45) is 0 Å². The predicted octanol–water partition coefficient (Wildman–Crippen LogP) is 3.06. The number of hydrogen-bond acceptors (Lipinski definition) is 5. The highest BCUT2D eigenvalue weighted by molar-refractivity contribution is 5.79. The van der Waals surface area contributed by atoms with E-state index in [4.69, 9.17) is 4.74 Å². The summed E-state index contributed by atoms with van der Waals surface area (Å²) in [5.41, 5.74) is 3.60. The molecule has 3 aliphatic rings. The number of amides is 1. The van der Waals surface area contributed by atoms with Crippen molar-refractivity contribution in [3.8, 4) is 17.6 Å². The molecule has 0 radical (unpaired) electrons. The van der Waals surface area contributed by atoms with Gasteiger partial charge in [-0.15, -0.1) is 0 Å². The Kier molecular flexibility index (Phi) is 4.92. The number of aromatic nitrogens is 2. The van der Waals surface area contributed by atoms with Crippen LogP contribution in [0.3, 0.4) is 0 Å². The van der Waals surface area contributed by atoms with Gasteiger partial charge in [0.1, 0.15) is 23.4 Å². The number of nitrogens with zero attached hydrogens (tertiary/aromatic N) is 5. The molecular formula is C24H23N5O2. The van der Waals surface area contributed by atoms with Crippen molar-refractivity contribution in [3.63, 3.8) is 0 Å². The van der Waals surface area contributed by atoms with Crippen LogP contribution in [0.1, 0.15) is 28.2 Å². The van der Waals surface area contributed by atoms with Crippen LogP contribution in [0.5, 0.6) is 11.5 Å². The molecule has 4 heterocycles. The number of rotatable bonds is 0. The number of carbonyl (C=O) groups is 1. The van der Waals surface area contributed by atoms with Crippen LogP contribution in [0.2, 0.25) is 0 Å². The maximum absolute atomic E-state index is 12.8. The molecule has 1 fully saturated rings. The van der Waals surface area contributed by atoms with Crippen LogP contribution in [0.25, 0.3) is 0 Å². The zero-order chi connectivity index (χ0) is 21.4. The highest BCUT2D eigenvalue weighted by Gasteiger charge is 2.25. The molecular weight excluding hydrogens is 390 g/mol. The van der Waals surface area contributed by atoms with E-state index in [1.807, 2.05) is 54.4 Å². The topological polar surface area (TPSA) is 74.4 Å². The Morgan fingerprint density at radius 2 is 1.90 bits per heavy atom. The minimum Gasteiger partial charge on any atom is -0.456 e. The fraction of sp³-hybridized carbons (Fsp3) is 0.292. The van der Waals surface area contributed by atoms with Crippen molar-refractivity contribution >= 4 is 5.91 Å². The normalized spacial score (nSPS) is 18.3. The summed E-state index contributed by atoms with van der Waals surface area (Å²) >= 11 is 0. The highest BCUT2D eigenvalue weighted by Crippen LogP contribution is 2.28. The van der Waals surface area contributed by atoms with Gasteiger partial charge in [-0.05, 0) is 42.3 Å². The summed E-state index contributed by atoms with van der Waals surface area (Å²) in [7, 11) is 0. The first-order valence-corrected chi connectivity index (χ1v) is 10.4. The van der Waals surface area contributed by atoms with E-state index in [9.17, 15) is 10.1 Å². The maximum atomic E-state index is 12.8. The number of aryl methyl sites for hydroxylation is 1. The van der Waals surface area contributed by atoms with E-state index in [1.54, 1.807) is 6.07 Å². The van der Waals surface area contributed by atoms with Gasteiger partial charge < -0.3 is 14.2 Å². The van der Waals surface area contributed by atoms with Gasteiger partial charge in [0, 0.05) is 38.9 Å². The van der Waals surface area contributed by atoms with Gasteiger partial charge >= 0.3 is 0 Å². The van der Waals surface area contributed by atoms with Gasteiger partial charge in [0.25, 0.3) is 0 Å². The van der Waals surface area contributed by atoms with Crippen LogP contribution in [0.15, 0.2) is 48.7 Å². The van der Waals surface area contributed by atoms with Crippen LogP contribution in [-0.4, -0.2) is 44.9 Å². The Balaban J connectivity index is 1.59. The van der Waals surface area contributed by atoms with E-state index in [0.29, 0.717) is 49.8 Å². The van der Waals surface area contributed by atoms with E-state index in [0.717, 1.165) is 29.2 Å². The smallest absolute Gasteiger partial charge is 0.237 e. The van der Waals surface area contributed by atoms with Crippen molar-refractivity contribution in [1.82, 2.24) is 19.4 Å². The number of nitriles is 1. The van der Waals surface area contributed by atoms with Gasteiger partial charge in [-0.25, -0.2) is 4.98 Å². The Bertz CT molecular complexity index is 1190. The maximum Gasteiger partial charge on any atom is 0.237 e. The van der Waals surface area contributed by atoms with E-state index < -0.39 is 0 Å². The minimum absolute atomic E-state index is 0.129. The standard InChI is InChI=1S/C24H23N5O2/c1-17-26-12-21-15-27-7-8-28(24(30)16-27)13-18-3-2-4-22(9-18)31-23-10-19(14-29(17)21)5-6-20(23)11-25/h2-6,9-10,12H,7-8,13-16H2,1H3. The molecule has 2 aromatic carbocycles. The fourth-order valence-electron chi connectivity index (χ4n) is 4.22. The predicted molar refractivity (Wildman–Crippen MR) is 114 cm³/mol. The molecule has 7 nitrogen and oxygen atoms in total. The molecule has 3 aromatic rings. The van der Waals surface area contributed by atoms with Crippen molar-refractivity contribution < 1.29 is 9.53 Å². The van der Waals surface area contributed by atoms with Gasteiger partial charge in [-0.1, -0.05) is 18.2 Å². The lowest BCUT2D eigenvalue weighted by atomic mass is 10.1. The zero-order valence-electron chi connectivity index (χ0n) is 17.4. The number of carbonyl (C=O) groups excluding carboxylic acids is 1. The highest BCUT2D eigenvalue weighted by atomic mass is 16.5. The van der Waals surface area contributed by atoms with Gasteiger partial charge in [0.15, 0.2) is 0 Å². The summed E-state index contributed by atoms with van der Waals surface area (Å²) in [6, 6.07) is 15.6.